The van der Waals surface area contributed by atoms with Crippen LogP contribution in [0.25, 0.3) is 16.3 Å². The quantitative estimate of drug-likeness (QED) is 0.714. The van der Waals surface area contributed by atoms with Crippen molar-refractivity contribution in [1.29, 1.82) is 0 Å². The summed E-state index contributed by atoms with van der Waals surface area (Å²) in [6.07, 6.45) is 4.45. The van der Waals surface area contributed by atoms with Gasteiger partial charge in [0.25, 0.3) is 5.91 Å². The Morgan fingerprint density at radius 3 is 2.77 bits per heavy atom. The lowest BCUT2D eigenvalue weighted by molar-refractivity contribution is 0.102. The van der Waals surface area contributed by atoms with E-state index in [-0.39, 0.29) is 5.91 Å². The number of nitrogens with zero attached hydrogens (tertiary/aromatic N) is 1. The van der Waals surface area contributed by atoms with Crippen molar-refractivity contribution in [2.24, 2.45) is 0 Å². The number of amides is 1. The Morgan fingerprint density at radius 1 is 1.19 bits per heavy atom. The van der Waals surface area contributed by atoms with E-state index in [4.69, 9.17) is 0 Å². The molecule has 2 N–H and O–H groups in total. The largest absolute Gasteiger partial charge is 0.316 e. The highest BCUT2D eigenvalue weighted by Crippen LogP contribution is 2.26. The van der Waals surface area contributed by atoms with Gasteiger partial charge in [0.15, 0.2) is 5.13 Å². The number of carbonyl (C=O) groups is 1. The summed E-state index contributed by atoms with van der Waals surface area (Å²) in [7, 11) is 0. The van der Waals surface area contributed by atoms with Gasteiger partial charge in [0.05, 0.1) is 10.2 Å². The average Bonchev–Trinajstić information content (AvgIpc) is 3.04. The third-order valence-electron chi connectivity index (χ3n) is 4.63. The summed E-state index contributed by atoms with van der Waals surface area (Å²) >= 11 is 1.49. The molecule has 1 aromatic heterocycles. The average molecular weight is 363 g/mol. The molecule has 2 aromatic carbocycles. The zero-order chi connectivity index (χ0) is 17.9. The summed E-state index contributed by atoms with van der Waals surface area (Å²) in [6.45, 7) is 4.08. The summed E-state index contributed by atoms with van der Waals surface area (Å²) in [6, 6.07) is 13.9. The fourth-order valence-corrected chi connectivity index (χ4v) is 4.11. The topological polar surface area (TPSA) is 54.0 Å². The number of anilines is 1. The fraction of sp³-hybridized carbons (Fsp3) is 0.238. The Bertz CT molecular complexity index is 949. The van der Waals surface area contributed by atoms with E-state index in [1.807, 2.05) is 43.3 Å². The number of benzene rings is 2. The monoisotopic (exact) mass is 363 g/mol. The van der Waals surface area contributed by atoms with Gasteiger partial charge in [-0.1, -0.05) is 47.3 Å². The SMILES string of the molecule is Cc1cc(C=C2CCNCC2)ccc1C(=O)Nc1nc2ccccc2s1. The Kier molecular flexibility index (Phi) is 4.82. The third kappa shape index (κ3) is 3.69. The second kappa shape index (κ2) is 7.40. The minimum absolute atomic E-state index is 0.109. The summed E-state index contributed by atoms with van der Waals surface area (Å²) < 4.78 is 1.07. The number of aromatic nitrogens is 1. The summed E-state index contributed by atoms with van der Waals surface area (Å²) in [5.41, 5.74) is 5.21. The molecule has 5 heteroatoms. The van der Waals surface area contributed by atoms with Gasteiger partial charge in [-0.05, 0) is 62.2 Å². The van der Waals surface area contributed by atoms with Gasteiger partial charge in [0.2, 0.25) is 0 Å². The number of piperidine rings is 1. The molecule has 0 saturated carbocycles. The van der Waals surface area contributed by atoms with Crippen LogP contribution in [0.15, 0.2) is 48.0 Å². The van der Waals surface area contributed by atoms with Crippen LogP contribution in [0.3, 0.4) is 0 Å². The van der Waals surface area contributed by atoms with Gasteiger partial charge in [-0.2, -0.15) is 0 Å². The molecule has 4 nitrogen and oxygen atoms in total. The molecule has 1 saturated heterocycles. The summed E-state index contributed by atoms with van der Waals surface area (Å²) in [4.78, 5) is 17.1. The number of rotatable bonds is 3. The van der Waals surface area contributed by atoms with E-state index in [9.17, 15) is 4.79 Å². The molecular formula is C21H21N3OS. The van der Waals surface area contributed by atoms with Gasteiger partial charge in [0.1, 0.15) is 0 Å². The number of nitrogens with one attached hydrogen (secondary N) is 2. The first-order chi connectivity index (χ1) is 12.7. The molecule has 1 fully saturated rings. The van der Waals surface area contributed by atoms with Gasteiger partial charge in [0, 0.05) is 5.56 Å². The van der Waals surface area contributed by atoms with Crippen molar-refractivity contribution in [1.82, 2.24) is 10.3 Å². The lowest BCUT2D eigenvalue weighted by Crippen LogP contribution is -2.22. The molecule has 1 amide bonds. The zero-order valence-corrected chi connectivity index (χ0v) is 15.5. The van der Waals surface area contributed by atoms with E-state index in [0.29, 0.717) is 10.7 Å². The number of fused-ring (bicyclic) bond motifs is 1. The molecule has 0 atom stereocenters. The fourth-order valence-electron chi connectivity index (χ4n) is 3.25. The molecule has 1 aliphatic heterocycles. The Morgan fingerprint density at radius 2 is 2.00 bits per heavy atom. The zero-order valence-electron chi connectivity index (χ0n) is 14.7. The van der Waals surface area contributed by atoms with Gasteiger partial charge in [-0.25, -0.2) is 4.98 Å². The van der Waals surface area contributed by atoms with Crippen LogP contribution in [0.2, 0.25) is 0 Å². The van der Waals surface area contributed by atoms with Crippen molar-refractivity contribution in [2.75, 3.05) is 18.4 Å². The molecule has 0 aliphatic carbocycles. The van der Waals surface area contributed by atoms with Crippen LogP contribution >= 0.6 is 11.3 Å². The Hall–Kier alpha value is -2.50. The normalized spacial score (nSPS) is 14.4. The second-order valence-corrected chi connectivity index (χ2v) is 7.60. The van der Waals surface area contributed by atoms with Crippen LogP contribution in [-0.4, -0.2) is 24.0 Å². The smallest absolute Gasteiger partial charge is 0.257 e. The van der Waals surface area contributed by atoms with Gasteiger partial charge >= 0.3 is 0 Å². The Labute approximate surface area is 157 Å². The molecule has 0 spiro atoms. The molecule has 2 heterocycles. The molecule has 0 unspecified atom stereocenters. The minimum atomic E-state index is -0.109. The van der Waals surface area contributed by atoms with Crippen molar-refractivity contribution < 1.29 is 4.79 Å². The first kappa shape index (κ1) is 16.9. The lowest BCUT2D eigenvalue weighted by Gasteiger charge is -2.15. The van der Waals surface area contributed by atoms with E-state index in [1.165, 1.54) is 16.9 Å². The van der Waals surface area contributed by atoms with Gasteiger partial charge < -0.3 is 5.32 Å². The maximum absolute atomic E-state index is 12.6. The van der Waals surface area contributed by atoms with E-state index < -0.39 is 0 Å². The third-order valence-corrected chi connectivity index (χ3v) is 5.58. The molecule has 1 aliphatic rings. The van der Waals surface area contributed by atoms with Crippen LogP contribution < -0.4 is 10.6 Å². The maximum atomic E-state index is 12.6. The summed E-state index contributed by atoms with van der Waals surface area (Å²) in [5, 5.41) is 6.94. The van der Waals surface area contributed by atoms with Gasteiger partial charge in [-0.3, -0.25) is 10.1 Å². The van der Waals surface area contributed by atoms with E-state index in [1.54, 1.807) is 0 Å². The van der Waals surface area contributed by atoms with Crippen LogP contribution in [0.5, 0.6) is 0 Å². The van der Waals surface area contributed by atoms with Crippen molar-refractivity contribution in [2.45, 2.75) is 19.8 Å². The van der Waals surface area contributed by atoms with Crippen LogP contribution in [-0.2, 0) is 0 Å². The molecule has 132 valence electrons. The molecular weight excluding hydrogens is 342 g/mol. The van der Waals surface area contributed by atoms with Crippen molar-refractivity contribution >= 4 is 38.7 Å². The van der Waals surface area contributed by atoms with Crippen LogP contribution in [0, 0.1) is 6.92 Å². The first-order valence-electron chi connectivity index (χ1n) is 8.87. The summed E-state index contributed by atoms with van der Waals surface area (Å²) in [5.74, 6) is -0.109. The predicted molar refractivity (Wildman–Crippen MR) is 109 cm³/mol. The van der Waals surface area contributed by atoms with Crippen molar-refractivity contribution in [3.63, 3.8) is 0 Å². The highest BCUT2D eigenvalue weighted by molar-refractivity contribution is 7.22. The van der Waals surface area contributed by atoms with Crippen LogP contribution in [0.1, 0.15) is 34.3 Å². The number of para-hydroxylation sites is 1. The number of hydrogen-bond donors (Lipinski definition) is 2. The lowest BCUT2D eigenvalue weighted by atomic mass is 9.99. The Balaban J connectivity index is 1.52. The molecule has 0 radical (unpaired) electrons. The van der Waals surface area contributed by atoms with Crippen molar-refractivity contribution in [3.05, 3.63) is 64.7 Å². The van der Waals surface area contributed by atoms with Gasteiger partial charge in [-0.15, -0.1) is 0 Å². The molecule has 26 heavy (non-hydrogen) atoms. The predicted octanol–water partition coefficient (Wildman–Crippen LogP) is 4.62. The van der Waals surface area contributed by atoms with E-state index in [0.717, 1.165) is 47.3 Å². The second-order valence-electron chi connectivity index (χ2n) is 6.57. The number of carbonyl (C=O) groups excluding carboxylic acids is 1. The highest BCUT2D eigenvalue weighted by atomic mass is 32.1. The molecule has 0 bridgehead atoms. The maximum Gasteiger partial charge on any atom is 0.257 e. The van der Waals surface area contributed by atoms with E-state index in [2.05, 4.69) is 27.8 Å². The minimum Gasteiger partial charge on any atom is -0.316 e. The highest BCUT2D eigenvalue weighted by Gasteiger charge is 2.13. The number of aryl methyl sites for hydroxylation is 1. The first-order valence-corrected chi connectivity index (χ1v) is 9.68. The van der Waals surface area contributed by atoms with E-state index >= 15 is 0 Å². The molecule has 3 aromatic rings. The van der Waals surface area contributed by atoms with Crippen molar-refractivity contribution in [3.8, 4) is 0 Å². The number of thiazole rings is 1. The number of hydrogen-bond acceptors (Lipinski definition) is 4. The standard InChI is InChI=1S/C21H21N3OS/c1-14-12-16(13-15-8-10-22-11-9-15)6-7-17(14)20(25)24-21-23-18-4-2-3-5-19(18)26-21/h2-7,12-13,22H,8-11H2,1H3,(H,23,24,25). The van der Waals surface area contributed by atoms with Crippen LogP contribution in [0.4, 0.5) is 5.13 Å². The molecule has 4 rings (SSSR count).